The van der Waals surface area contributed by atoms with Gasteiger partial charge in [-0.3, -0.25) is 9.59 Å². The predicted molar refractivity (Wildman–Crippen MR) is 69.0 cm³/mol. The van der Waals surface area contributed by atoms with Crippen LogP contribution in [0.15, 0.2) is 11.1 Å². The zero-order chi connectivity index (χ0) is 14.4. The molecule has 1 aromatic heterocycles. The Morgan fingerprint density at radius 1 is 1.47 bits per heavy atom. The number of carbonyl (C=O) groups excluding carboxylic acids is 2. The smallest absolute Gasteiger partial charge is 0.230 e. The molecule has 104 valence electrons. The zero-order valence-corrected chi connectivity index (χ0v) is 11.9. The van der Waals surface area contributed by atoms with E-state index in [4.69, 9.17) is 16.9 Å². The number of alkyl halides is 1. The number of halogens is 1. The third-order valence-corrected chi connectivity index (χ3v) is 3.02. The summed E-state index contributed by atoms with van der Waals surface area (Å²) in [6.07, 6.45) is -0.00274. The molecule has 0 saturated heterocycles. The van der Waals surface area contributed by atoms with E-state index in [2.05, 4.69) is 14.4 Å². The molecule has 1 aromatic rings. The average molecular weight is 306 g/mol. The van der Waals surface area contributed by atoms with Crippen LogP contribution < -0.4 is 0 Å². The van der Waals surface area contributed by atoms with Crippen molar-refractivity contribution in [3.8, 4) is 0 Å². The molecule has 0 spiro atoms. The van der Waals surface area contributed by atoms with Gasteiger partial charge in [0.25, 0.3) is 0 Å². The van der Waals surface area contributed by atoms with Gasteiger partial charge in [0.2, 0.25) is 11.6 Å². The molecular weight excluding hydrogens is 294 g/mol. The number of aryl methyl sites for hydroxylation is 2. The molecule has 1 N–H and O–H groups in total. The summed E-state index contributed by atoms with van der Waals surface area (Å²) < 4.78 is 4.26. The third-order valence-electron chi connectivity index (χ3n) is 2.33. The summed E-state index contributed by atoms with van der Waals surface area (Å²) in [4.78, 5) is 27.6. The van der Waals surface area contributed by atoms with Crippen LogP contribution in [-0.4, -0.2) is 27.7 Å². The molecule has 0 radical (unpaired) electrons. The highest BCUT2D eigenvalue weighted by molar-refractivity contribution is 7.94. The fourth-order valence-corrected chi connectivity index (χ4v) is 2.24. The van der Waals surface area contributed by atoms with E-state index in [9.17, 15) is 9.59 Å². The standard InChI is InChI=1S/C11H12ClNO5S/c1-6-5-9(19-18-17-16)13-7(2)10(6)11(15)8(14)3-4-12/h5,16H,3-4H2,1-2H3. The third kappa shape index (κ3) is 4.26. The molecule has 0 aliphatic heterocycles. The normalized spacial score (nSPS) is 10.5. The average Bonchev–Trinajstić information content (AvgIpc) is 2.35. The first-order valence-corrected chi connectivity index (χ1v) is 6.55. The van der Waals surface area contributed by atoms with Gasteiger partial charge in [-0.25, -0.2) is 10.2 Å². The van der Waals surface area contributed by atoms with Crippen molar-refractivity contribution in [2.45, 2.75) is 25.3 Å². The van der Waals surface area contributed by atoms with Gasteiger partial charge in [-0.2, -0.15) is 0 Å². The molecule has 0 atom stereocenters. The fraction of sp³-hybridized carbons (Fsp3) is 0.364. The van der Waals surface area contributed by atoms with Gasteiger partial charge in [-0.15, -0.1) is 15.9 Å². The molecule has 1 heterocycles. The van der Waals surface area contributed by atoms with E-state index in [1.54, 1.807) is 19.9 Å². The summed E-state index contributed by atoms with van der Waals surface area (Å²) in [6, 6.07) is 1.55. The molecule has 0 aliphatic rings. The maximum absolute atomic E-state index is 12.0. The molecule has 8 heteroatoms. The number of carbonyl (C=O) groups is 2. The number of ketones is 2. The van der Waals surface area contributed by atoms with Crippen molar-refractivity contribution in [1.82, 2.24) is 4.98 Å². The minimum atomic E-state index is -0.598. The summed E-state index contributed by atoms with van der Waals surface area (Å²) in [5, 5.41) is 11.9. The summed E-state index contributed by atoms with van der Waals surface area (Å²) >= 11 is 6.13. The molecule has 19 heavy (non-hydrogen) atoms. The minimum Gasteiger partial charge on any atom is -0.290 e. The van der Waals surface area contributed by atoms with Crippen LogP contribution in [0.5, 0.6) is 0 Å². The van der Waals surface area contributed by atoms with Crippen molar-refractivity contribution in [3.05, 3.63) is 22.9 Å². The first-order chi connectivity index (χ1) is 9.01. The lowest BCUT2D eigenvalue weighted by Gasteiger charge is -2.09. The predicted octanol–water partition coefficient (Wildman–Crippen LogP) is 2.51. The lowest BCUT2D eigenvalue weighted by Crippen LogP contribution is -2.18. The molecular formula is C11H12ClNO5S. The van der Waals surface area contributed by atoms with E-state index in [-0.39, 0.29) is 17.9 Å². The van der Waals surface area contributed by atoms with Gasteiger partial charge >= 0.3 is 0 Å². The van der Waals surface area contributed by atoms with E-state index < -0.39 is 11.6 Å². The van der Waals surface area contributed by atoms with Crippen molar-refractivity contribution in [3.63, 3.8) is 0 Å². The Kier molecular flexibility index (Phi) is 6.40. The van der Waals surface area contributed by atoms with E-state index in [0.29, 0.717) is 28.3 Å². The molecule has 0 saturated carbocycles. The highest BCUT2D eigenvalue weighted by Gasteiger charge is 2.21. The SMILES string of the molecule is Cc1cc(SOOO)nc(C)c1C(=O)C(=O)CCCl. The molecule has 6 nitrogen and oxygen atoms in total. The monoisotopic (exact) mass is 305 g/mol. The topological polar surface area (TPSA) is 85.7 Å². The molecule has 0 fully saturated rings. The maximum atomic E-state index is 12.0. The first kappa shape index (κ1) is 16.1. The fourth-order valence-electron chi connectivity index (χ4n) is 1.57. The van der Waals surface area contributed by atoms with E-state index in [1.807, 2.05) is 0 Å². The van der Waals surface area contributed by atoms with Gasteiger partial charge in [-0.1, -0.05) is 5.04 Å². The number of pyridine rings is 1. The van der Waals surface area contributed by atoms with Crippen molar-refractivity contribution < 1.29 is 24.2 Å². The quantitative estimate of drug-likeness (QED) is 0.207. The van der Waals surface area contributed by atoms with E-state index in [0.717, 1.165) is 0 Å². The number of Topliss-reactive ketones (excluding diaryl/α,β-unsaturated/α-hetero) is 2. The largest absolute Gasteiger partial charge is 0.290 e. The summed E-state index contributed by atoms with van der Waals surface area (Å²) in [7, 11) is 0. The van der Waals surface area contributed by atoms with Crippen LogP contribution in [0.2, 0.25) is 0 Å². The Balaban J connectivity index is 3.03. The van der Waals surface area contributed by atoms with Crippen molar-refractivity contribution in [2.24, 2.45) is 0 Å². The second-order valence-corrected chi connectivity index (χ2v) is 4.75. The highest BCUT2D eigenvalue weighted by Crippen LogP contribution is 2.22. The number of rotatable bonds is 7. The number of aromatic nitrogens is 1. The first-order valence-electron chi connectivity index (χ1n) is 5.27. The van der Waals surface area contributed by atoms with Crippen molar-refractivity contribution >= 4 is 35.2 Å². The van der Waals surface area contributed by atoms with Gasteiger partial charge in [-0.05, 0) is 25.5 Å². The Bertz CT molecular complexity index is 471. The molecule has 0 unspecified atom stereocenters. The molecule has 0 bridgehead atoms. The lowest BCUT2D eigenvalue weighted by atomic mass is 10.00. The van der Waals surface area contributed by atoms with Gasteiger partial charge in [0, 0.05) is 17.9 Å². The van der Waals surface area contributed by atoms with E-state index in [1.165, 1.54) is 0 Å². The van der Waals surface area contributed by atoms with Gasteiger partial charge in [0.1, 0.15) is 5.03 Å². The van der Waals surface area contributed by atoms with Crippen LogP contribution in [0, 0.1) is 13.8 Å². The second kappa shape index (κ2) is 7.56. The Morgan fingerprint density at radius 3 is 2.68 bits per heavy atom. The molecule has 0 aliphatic carbocycles. The van der Waals surface area contributed by atoms with Crippen LogP contribution in [0.1, 0.15) is 28.0 Å². The summed E-state index contributed by atoms with van der Waals surface area (Å²) in [5.74, 6) is -1.04. The molecule has 1 rings (SSSR count). The highest BCUT2D eigenvalue weighted by atomic mass is 35.5. The Labute approximate surface area is 119 Å². The lowest BCUT2D eigenvalue weighted by molar-refractivity contribution is -0.432. The van der Waals surface area contributed by atoms with Crippen LogP contribution in [0.4, 0.5) is 0 Å². The number of nitrogens with zero attached hydrogens (tertiary/aromatic N) is 1. The van der Waals surface area contributed by atoms with E-state index >= 15 is 0 Å². The van der Waals surface area contributed by atoms with Crippen LogP contribution in [0.3, 0.4) is 0 Å². The second-order valence-electron chi connectivity index (χ2n) is 3.65. The van der Waals surface area contributed by atoms with Crippen LogP contribution >= 0.6 is 23.6 Å². The van der Waals surface area contributed by atoms with Crippen LogP contribution in [0.25, 0.3) is 0 Å². The van der Waals surface area contributed by atoms with Crippen molar-refractivity contribution in [2.75, 3.05) is 5.88 Å². The maximum Gasteiger partial charge on any atom is 0.230 e. The molecule has 0 amide bonds. The van der Waals surface area contributed by atoms with Crippen LogP contribution in [-0.2, 0) is 14.2 Å². The zero-order valence-electron chi connectivity index (χ0n) is 10.3. The summed E-state index contributed by atoms with van der Waals surface area (Å²) in [5.41, 5.74) is 1.26. The number of hydrogen-bond acceptors (Lipinski definition) is 7. The Morgan fingerprint density at radius 2 is 2.16 bits per heavy atom. The Hall–Kier alpha value is -0.990. The number of hydrogen-bond donors (Lipinski definition) is 1. The van der Waals surface area contributed by atoms with Gasteiger partial charge < -0.3 is 0 Å². The summed E-state index contributed by atoms with van der Waals surface area (Å²) in [6.45, 7) is 3.29. The van der Waals surface area contributed by atoms with Gasteiger partial charge in [0.15, 0.2) is 0 Å². The van der Waals surface area contributed by atoms with Crippen molar-refractivity contribution in [1.29, 1.82) is 0 Å². The molecule has 0 aromatic carbocycles. The minimum absolute atomic E-state index is 0.00274. The van der Waals surface area contributed by atoms with Gasteiger partial charge in [0.05, 0.1) is 17.7 Å².